The quantitative estimate of drug-likeness (QED) is 0.723. The molecule has 0 spiro atoms. The lowest BCUT2D eigenvalue weighted by Crippen LogP contribution is -2.48. The summed E-state index contributed by atoms with van der Waals surface area (Å²) in [6.45, 7) is 4.69. The molecule has 0 aromatic heterocycles. The van der Waals surface area contributed by atoms with Crippen molar-refractivity contribution in [3.8, 4) is 0 Å². The molecule has 2 atom stereocenters. The predicted octanol–water partition coefficient (Wildman–Crippen LogP) is 1.49. The second-order valence-corrected chi connectivity index (χ2v) is 7.86. The first-order valence-corrected chi connectivity index (χ1v) is 7.94. The zero-order valence-corrected chi connectivity index (χ0v) is 11.0. The van der Waals surface area contributed by atoms with Crippen molar-refractivity contribution in [2.24, 2.45) is 0 Å². The highest BCUT2D eigenvalue weighted by Gasteiger charge is 2.32. The van der Waals surface area contributed by atoms with Gasteiger partial charge >= 0.3 is 0 Å². The van der Waals surface area contributed by atoms with E-state index in [4.69, 9.17) is 0 Å². The lowest BCUT2D eigenvalue weighted by molar-refractivity contribution is 0.342. The van der Waals surface area contributed by atoms with Crippen LogP contribution in [-0.2, 0) is 10.0 Å². The summed E-state index contributed by atoms with van der Waals surface area (Å²) in [4.78, 5) is 0. The molecule has 6 heteroatoms. The Kier molecular flexibility index (Phi) is 4.09. The topological polar surface area (TPSA) is 37.4 Å². The van der Waals surface area contributed by atoms with E-state index in [1.807, 2.05) is 18.7 Å². The number of sulfonamides is 1. The van der Waals surface area contributed by atoms with Crippen LogP contribution in [0.15, 0.2) is 0 Å². The fraction of sp³-hybridized carbons (Fsp3) is 1.00. The van der Waals surface area contributed by atoms with Gasteiger partial charge in [-0.15, -0.1) is 0 Å². The molecule has 1 heterocycles. The van der Waals surface area contributed by atoms with Gasteiger partial charge in [0.25, 0.3) is 0 Å². The van der Waals surface area contributed by atoms with Gasteiger partial charge in [0.15, 0.2) is 0 Å². The lowest BCUT2D eigenvalue weighted by Gasteiger charge is -2.35. The van der Waals surface area contributed by atoms with E-state index >= 15 is 0 Å². The van der Waals surface area contributed by atoms with Crippen molar-refractivity contribution < 1.29 is 8.42 Å². The van der Waals surface area contributed by atoms with Crippen LogP contribution in [0.4, 0.5) is 0 Å². The van der Waals surface area contributed by atoms with Gasteiger partial charge in [0.1, 0.15) is 4.66 Å². The molecule has 1 aliphatic heterocycles. The number of thioether (sulfide) groups is 1. The smallest absolute Gasteiger partial charge is 0.211 e. The van der Waals surface area contributed by atoms with Crippen molar-refractivity contribution in [1.82, 2.24) is 4.31 Å². The number of hydrogen-bond acceptors (Lipinski definition) is 3. The minimum Gasteiger partial charge on any atom is -0.211 e. The SMILES string of the molecule is CC1SCCN(S(=O)(=O)CBr)C1C. The normalized spacial score (nSPS) is 31.9. The minimum atomic E-state index is -3.07. The van der Waals surface area contributed by atoms with Gasteiger partial charge in [0.05, 0.1) is 0 Å². The molecule has 0 aromatic rings. The molecule has 1 rings (SSSR count). The zero-order valence-electron chi connectivity index (χ0n) is 7.73. The molecule has 0 N–H and O–H groups in total. The standard InChI is InChI=1S/C7H14BrNO2S2/c1-6-7(2)12-4-3-9(6)13(10,11)5-8/h6-7H,3-5H2,1-2H3. The van der Waals surface area contributed by atoms with Gasteiger partial charge in [-0.25, -0.2) is 8.42 Å². The Morgan fingerprint density at radius 3 is 2.69 bits per heavy atom. The minimum absolute atomic E-state index is 0.0295. The number of halogens is 1. The largest absolute Gasteiger partial charge is 0.224 e. The molecule has 78 valence electrons. The van der Waals surface area contributed by atoms with Crippen LogP contribution in [0.1, 0.15) is 13.8 Å². The van der Waals surface area contributed by atoms with E-state index in [1.165, 1.54) is 0 Å². The van der Waals surface area contributed by atoms with Crippen LogP contribution < -0.4 is 0 Å². The predicted molar refractivity (Wildman–Crippen MR) is 60.8 cm³/mol. The van der Waals surface area contributed by atoms with Crippen molar-refractivity contribution in [3.05, 3.63) is 0 Å². The van der Waals surface area contributed by atoms with Crippen LogP contribution in [0.25, 0.3) is 0 Å². The monoisotopic (exact) mass is 287 g/mol. The van der Waals surface area contributed by atoms with Crippen LogP contribution >= 0.6 is 27.7 Å². The molecule has 13 heavy (non-hydrogen) atoms. The molecule has 1 saturated heterocycles. The van der Waals surface area contributed by atoms with Gasteiger partial charge in [-0.1, -0.05) is 22.9 Å². The van der Waals surface area contributed by atoms with Gasteiger partial charge in [0.2, 0.25) is 10.0 Å². The Balaban J connectivity index is 2.80. The summed E-state index contributed by atoms with van der Waals surface area (Å²) < 4.78 is 24.8. The van der Waals surface area contributed by atoms with E-state index in [2.05, 4.69) is 22.9 Å². The van der Waals surface area contributed by atoms with Crippen molar-refractivity contribution in [3.63, 3.8) is 0 Å². The first kappa shape index (κ1) is 11.8. The number of rotatable bonds is 2. The Morgan fingerprint density at radius 1 is 1.54 bits per heavy atom. The summed E-state index contributed by atoms with van der Waals surface area (Å²) in [5.74, 6) is 0.901. The van der Waals surface area contributed by atoms with Crippen molar-refractivity contribution >= 4 is 37.7 Å². The van der Waals surface area contributed by atoms with Crippen LogP contribution in [0, 0.1) is 0 Å². The molecule has 0 radical (unpaired) electrons. The summed E-state index contributed by atoms with van der Waals surface area (Å²) in [5, 5.41) is 0.391. The molecule has 0 amide bonds. The summed E-state index contributed by atoms with van der Waals surface area (Å²) in [7, 11) is -3.07. The van der Waals surface area contributed by atoms with Crippen LogP contribution in [0.3, 0.4) is 0 Å². The highest BCUT2D eigenvalue weighted by atomic mass is 79.9. The van der Waals surface area contributed by atoms with Crippen molar-refractivity contribution in [2.45, 2.75) is 25.1 Å². The average Bonchev–Trinajstić information content (AvgIpc) is 2.09. The van der Waals surface area contributed by atoms with Crippen LogP contribution in [0.2, 0.25) is 0 Å². The Morgan fingerprint density at radius 2 is 2.15 bits per heavy atom. The fourth-order valence-corrected chi connectivity index (χ4v) is 4.63. The molecule has 0 bridgehead atoms. The Hall–Kier alpha value is 0.740. The highest BCUT2D eigenvalue weighted by Crippen LogP contribution is 2.26. The van der Waals surface area contributed by atoms with E-state index < -0.39 is 10.0 Å². The summed E-state index contributed by atoms with van der Waals surface area (Å²) in [5.41, 5.74) is 0. The van der Waals surface area contributed by atoms with Gasteiger partial charge in [-0.05, 0) is 6.92 Å². The van der Waals surface area contributed by atoms with Gasteiger partial charge in [-0.2, -0.15) is 16.1 Å². The second-order valence-electron chi connectivity index (χ2n) is 3.15. The number of nitrogens with zero attached hydrogens (tertiary/aromatic N) is 1. The number of alkyl halides is 1. The average molecular weight is 288 g/mol. The maximum Gasteiger partial charge on any atom is 0.224 e. The van der Waals surface area contributed by atoms with Crippen molar-refractivity contribution in [1.29, 1.82) is 0 Å². The van der Waals surface area contributed by atoms with Crippen molar-refractivity contribution in [2.75, 3.05) is 17.0 Å². The molecular weight excluding hydrogens is 274 g/mol. The van der Waals surface area contributed by atoms with Gasteiger partial charge < -0.3 is 0 Å². The molecule has 1 aliphatic rings. The molecular formula is C7H14BrNO2S2. The van der Waals surface area contributed by atoms with E-state index in [-0.39, 0.29) is 10.7 Å². The van der Waals surface area contributed by atoms with Crippen LogP contribution in [0.5, 0.6) is 0 Å². The summed E-state index contributed by atoms with van der Waals surface area (Å²) in [6.07, 6.45) is 0. The first-order valence-electron chi connectivity index (χ1n) is 4.16. The molecule has 0 aromatic carbocycles. The lowest BCUT2D eigenvalue weighted by atomic mass is 10.2. The third kappa shape index (κ3) is 2.61. The summed E-state index contributed by atoms with van der Waals surface area (Å²) in [6, 6.07) is 0.112. The third-order valence-electron chi connectivity index (χ3n) is 2.32. The molecule has 1 fully saturated rings. The molecule has 3 nitrogen and oxygen atoms in total. The third-order valence-corrected chi connectivity index (χ3v) is 6.90. The molecule has 0 aliphatic carbocycles. The van der Waals surface area contributed by atoms with E-state index in [1.54, 1.807) is 4.31 Å². The first-order chi connectivity index (χ1) is 5.99. The van der Waals surface area contributed by atoms with Crippen LogP contribution in [-0.4, -0.2) is 41.0 Å². The number of hydrogen-bond donors (Lipinski definition) is 0. The molecule has 2 unspecified atom stereocenters. The Bertz CT molecular complexity index is 268. The second kappa shape index (κ2) is 4.51. The maximum atomic E-state index is 11.6. The Labute approximate surface area is 92.4 Å². The highest BCUT2D eigenvalue weighted by molar-refractivity contribution is 9.10. The van der Waals surface area contributed by atoms with E-state index in [0.717, 1.165) is 5.75 Å². The van der Waals surface area contributed by atoms with Gasteiger partial charge in [0, 0.05) is 23.6 Å². The maximum absolute atomic E-state index is 11.6. The summed E-state index contributed by atoms with van der Waals surface area (Å²) >= 11 is 4.85. The van der Waals surface area contributed by atoms with E-state index in [9.17, 15) is 8.42 Å². The molecule has 0 saturated carbocycles. The van der Waals surface area contributed by atoms with E-state index in [0.29, 0.717) is 11.8 Å². The fourth-order valence-electron chi connectivity index (χ4n) is 1.36. The van der Waals surface area contributed by atoms with Gasteiger partial charge in [-0.3, -0.25) is 0 Å². The zero-order chi connectivity index (χ0) is 10.1.